The van der Waals surface area contributed by atoms with E-state index in [1.807, 2.05) is 0 Å². The molecule has 0 spiro atoms. The molecule has 0 aliphatic heterocycles. The molecule has 0 amide bonds. The maximum atomic E-state index is 11.1. The normalized spacial score (nSPS) is 9.74. The maximum absolute atomic E-state index is 11.1. The Morgan fingerprint density at radius 2 is 1.83 bits per heavy atom. The van der Waals surface area contributed by atoms with Gasteiger partial charge in [-0.15, -0.1) is 24.8 Å². The highest BCUT2D eigenvalue weighted by molar-refractivity contribution is 5.85. The van der Waals surface area contributed by atoms with Gasteiger partial charge in [0.15, 0.2) is 0 Å². The number of likely N-dealkylation sites (N-methyl/N-ethyl adjacent to an activating group) is 1. The molecule has 0 heterocycles. The minimum atomic E-state index is -0.399. The van der Waals surface area contributed by atoms with Crippen molar-refractivity contribution in [1.29, 1.82) is 0 Å². The largest absolute Gasteiger partial charge is 0.395 e. The molecule has 0 aliphatic carbocycles. The van der Waals surface area contributed by atoms with E-state index >= 15 is 0 Å². The second kappa shape index (κ2) is 13.2. The summed E-state index contributed by atoms with van der Waals surface area (Å²) < 4.78 is 0. The molecule has 1 rings (SSSR count). The summed E-state index contributed by atoms with van der Waals surface area (Å²) in [7, 11) is 0. The Hall–Kier alpha value is -1.28. The van der Waals surface area contributed by atoms with Crippen molar-refractivity contribution in [1.82, 2.24) is 4.90 Å². The summed E-state index contributed by atoms with van der Waals surface area (Å²) >= 11 is 0. The Labute approximate surface area is 149 Å². The van der Waals surface area contributed by atoms with Gasteiger partial charge in [0.25, 0.3) is 5.69 Å². The number of nitro benzene ring substituents is 1. The van der Waals surface area contributed by atoms with Crippen molar-refractivity contribution < 1.29 is 10.0 Å². The van der Waals surface area contributed by atoms with Crippen LogP contribution >= 0.6 is 24.8 Å². The number of anilines is 2. The van der Waals surface area contributed by atoms with Crippen LogP contribution < -0.4 is 10.6 Å². The molecule has 3 N–H and O–H groups in total. The topological polar surface area (TPSA) is 90.7 Å². The van der Waals surface area contributed by atoms with Crippen molar-refractivity contribution in [3.63, 3.8) is 0 Å². The zero-order valence-electron chi connectivity index (χ0n) is 13.4. The van der Waals surface area contributed by atoms with Crippen molar-refractivity contribution >= 4 is 41.9 Å². The summed E-state index contributed by atoms with van der Waals surface area (Å²) in [6.07, 6.45) is 0. The molecule has 0 aromatic heterocycles. The number of halogens is 2. The quantitative estimate of drug-likeness (QED) is 0.434. The Balaban J connectivity index is 0. The average molecular weight is 369 g/mol. The van der Waals surface area contributed by atoms with Crippen molar-refractivity contribution in [3.8, 4) is 0 Å². The number of nitrogens with one attached hydrogen (secondary N) is 2. The lowest BCUT2D eigenvalue weighted by Gasteiger charge is -2.18. The monoisotopic (exact) mass is 368 g/mol. The van der Waals surface area contributed by atoms with Gasteiger partial charge in [-0.3, -0.25) is 10.1 Å². The van der Waals surface area contributed by atoms with Gasteiger partial charge in [0.1, 0.15) is 5.69 Å². The van der Waals surface area contributed by atoms with E-state index in [1.54, 1.807) is 12.1 Å². The van der Waals surface area contributed by atoms with Crippen molar-refractivity contribution in [2.24, 2.45) is 0 Å². The van der Waals surface area contributed by atoms with Crippen molar-refractivity contribution in [2.75, 3.05) is 50.0 Å². The van der Waals surface area contributed by atoms with E-state index in [0.717, 1.165) is 19.6 Å². The first kappa shape index (κ1) is 24.0. The summed E-state index contributed by atoms with van der Waals surface area (Å²) in [5.74, 6) is 0. The predicted octanol–water partition coefficient (Wildman–Crippen LogP) is 2.60. The Kier molecular flexibility index (Phi) is 13.7. The minimum absolute atomic E-state index is 0. The van der Waals surface area contributed by atoms with Crippen LogP contribution in [0.3, 0.4) is 0 Å². The molecule has 9 heteroatoms. The number of hydrogen-bond donors (Lipinski definition) is 3. The highest BCUT2D eigenvalue weighted by Gasteiger charge is 2.14. The number of rotatable bonds is 10. The predicted molar refractivity (Wildman–Crippen MR) is 99.4 cm³/mol. The second-order valence-corrected chi connectivity index (χ2v) is 4.59. The molecule has 0 atom stereocenters. The van der Waals surface area contributed by atoms with Gasteiger partial charge in [-0.2, -0.15) is 0 Å². The summed E-state index contributed by atoms with van der Waals surface area (Å²) in [6.45, 7) is 7.96. The van der Waals surface area contributed by atoms with Crippen molar-refractivity contribution in [2.45, 2.75) is 13.8 Å². The molecule has 1 aromatic carbocycles. The Morgan fingerprint density at radius 3 is 2.35 bits per heavy atom. The van der Waals surface area contributed by atoms with Crippen LogP contribution in [0, 0.1) is 10.1 Å². The summed E-state index contributed by atoms with van der Waals surface area (Å²) in [6, 6.07) is 4.94. The molecule has 0 aliphatic rings. The molecule has 7 nitrogen and oxygen atoms in total. The fraction of sp³-hybridized carbons (Fsp3) is 0.571. The molecule has 23 heavy (non-hydrogen) atoms. The number of benzene rings is 1. The van der Waals surface area contributed by atoms with Crippen LogP contribution in [-0.4, -0.2) is 54.3 Å². The SMILES string of the molecule is CCN(CC)CCNc1ccc(NCCO)cc1[N+](=O)[O-].Cl.Cl. The summed E-state index contributed by atoms with van der Waals surface area (Å²) in [5.41, 5.74) is 1.18. The van der Waals surface area contributed by atoms with E-state index in [2.05, 4.69) is 29.4 Å². The molecular formula is C14H26Cl2N4O3. The molecule has 0 bridgehead atoms. The van der Waals surface area contributed by atoms with Gasteiger partial charge in [-0.25, -0.2) is 0 Å². The minimum Gasteiger partial charge on any atom is -0.395 e. The number of aliphatic hydroxyl groups excluding tert-OH is 1. The molecule has 0 radical (unpaired) electrons. The van der Waals surface area contributed by atoms with Crippen LogP contribution in [0.5, 0.6) is 0 Å². The Morgan fingerprint density at radius 1 is 1.17 bits per heavy atom. The van der Waals surface area contributed by atoms with Gasteiger partial charge in [-0.05, 0) is 25.2 Å². The lowest BCUT2D eigenvalue weighted by atomic mass is 10.2. The standard InChI is InChI=1S/C14H24N4O3.2ClH/c1-3-17(4-2)9-7-16-13-6-5-12(15-8-10-19)11-14(13)18(20)21;;/h5-6,11,15-16,19H,3-4,7-10H2,1-2H3;2*1H. The Bertz CT molecular complexity index is 460. The van der Waals surface area contributed by atoms with Crippen LogP contribution in [0.2, 0.25) is 0 Å². The van der Waals surface area contributed by atoms with E-state index in [1.165, 1.54) is 6.07 Å². The van der Waals surface area contributed by atoms with Crippen molar-refractivity contribution in [3.05, 3.63) is 28.3 Å². The molecule has 0 fully saturated rings. The maximum Gasteiger partial charge on any atom is 0.294 e. The zero-order valence-corrected chi connectivity index (χ0v) is 15.1. The molecule has 0 saturated carbocycles. The number of nitro groups is 1. The third-order valence-electron chi connectivity index (χ3n) is 3.27. The van der Waals surface area contributed by atoms with Gasteiger partial charge in [0.2, 0.25) is 0 Å². The van der Waals surface area contributed by atoms with Crippen LogP contribution in [-0.2, 0) is 0 Å². The number of hydrogen-bond acceptors (Lipinski definition) is 6. The lowest BCUT2D eigenvalue weighted by Crippen LogP contribution is -2.28. The van der Waals surface area contributed by atoms with Crippen LogP contribution in [0.4, 0.5) is 17.1 Å². The van der Waals surface area contributed by atoms with Gasteiger partial charge >= 0.3 is 0 Å². The zero-order chi connectivity index (χ0) is 15.7. The fourth-order valence-electron chi connectivity index (χ4n) is 2.03. The third kappa shape index (κ3) is 8.22. The number of aliphatic hydroxyl groups is 1. The fourth-order valence-corrected chi connectivity index (χ4v) is 2.03. The van der Waals surface area contributed by atoms with E-state index in [4.69, 9.17) is 5.11 Å². The summed E-state index contributed by atoms with van der Waals surface area (Å²) in [4.78, 5) is 13.0. The first-order valence-corrected chi connectivity index (χ1v) is 7.21. The first-order chi connectivity index (χ1) is 10.1. The number of nitrogens with zero attached hydrogens (tertiary/aromatic N) is 2. The van der Waals surface area contributed by atoms with E-state index in [-0.39, 0.29) is 37.1 Å². The van der Waals surface area contributed by atoms with E-state index in [9.17, 15) is 10.1 Å². The molecule has 0 saturated heterocycles. The lowest BCUT2D eigenvalue weighted by molar-refractivity contribution is -0.383. The van der Waals surface area contributed by atoms with E-state index in [0.29, 0.717) is 24.5 Å². The average Bonchev–Trinajstić information content (AvgIpc) is 2.50. The van der Waals surface area contributed by atoms with Gasteiger partial charge in [0.05, 0.1) is 11.5 Å². The van der Waals surface area contributed by atoms with Gasteiger partial charge < -0.3 is 20.6 Å². The van der Waals surface area contributed by atoms with Gasteiger partial charge in [-0.1, -0.05) is 13.8 Å². The van der Waals surface area contributed by atoms with Crippen LogP contribution in [0.25, 0.3) is 0 Å². The molecule has 0 unspecified atom stereocenters. The molecule has 134 valence electrons. The smallest absolute Gasteiger partial charge is 0.294 e. The third-order valence-corrected chi connectivity index (χ3v) is 3.27. The van der Waals surface area contributed by atoms with Crippen LogP contribution in [0.1, 0.15) is 13.8 Å². The highest BCUT2D eigenvalue weighted by atomic mass is 35.5. The van der Waals surface area contributed by atoms with E-state index < -0.39 is 4.92 Å². The van der Waals surface area contributed by atoms with Gasteiger partial charge in [0, 0.05) is 31.4 Å². The van der Waals surface area contributed by atoms with Crippen LogP contribution in [0.15, 0.2) is 18.2 Å². The summed E-state index contributed by atoms with van der Waals surface area (Å²) in [5, 5.41) is 25.9. The molecule has 1 aromatic rings. The second-order valence-electron chi connectivity index (χ2n) is 4.59. The molecular weight excluding hydrogens is 343 g/mol. The highest BCUT2D eigenvalue weighted by Crippen LogP contribution is 2.27. The first-order valence-electron chi connectivity index (χ1n) is 7.21.